The van der Waals surface area contributed by atoms with Gasteiger partial charge >= 0.3 is 0 Å². The van der Waals surface area contributed by atoms with Crippen LogP contribution in [0.3, 0.4) is 0 Å². The van der Waals surface area contributed by atoms with E-state index in [0.29, 0.717) is 62.0 Å². The molecule has 10 heteroatoms. The number of likely N-dealkylation sites (tertiary alicyclic amines) is 2. The maximum Gasteiger partial charge on any atom is 0.262 e. The third-order valence-corrected chi connectivity index (χ3v) is 9.33. The van der Waals surface area contributed by atoms with E-state index in [1.165, 1.54) is 10.9 Å². The Morgan fingerprint density at radius 3 is 2.52 bits per heavy atom. The fourth-order valence-electron chi connectivity index (χ4n) is 6.42. The second kappa shape index (κ2) is 11.5. The average Bonchev–Trinajstić information content (AvgIpc) is 3.39. The normalized spacial score (nSPS) is 20.5. The number of aliphatic hydroxyl groups is 1. The number of aromatic nitrogens is 3. The van der Waals surface area contributed by atoms with Gasteiger partial charge in [-0.3, -0.25) is 19.0 Å². The monoisotopic (exact) mass is 631 g/mol. The topological polar surface area (TPSA) is 101 Å². The van der Waals surface area contributed by atoms with E-state index in [4.69, 9.17) is 0 Å². The van der Waals surface area contributed by atoms with E-state index in [0.717, 1.165) is 10.0 Å². The van der Waals surface area contributed by atoms with Gasteiger partial charge in [0, 0.05) is 61.3 Å². The second-order valence-corrected chi connectivity index (χ2v) is 12.5. The largest absolute Gasteiger partial charge is 0.388 e. The van der Waals surface area contributed by atoms with Crippen LogP contribution in [0.2, 0.25) is 0 Å². The van der Waals surface area contributed by atoms with Crippen molar-refractivity contribution < 1.29 is 14.7 Å². The summed E-state index contributed by atoms with van der Waals surface area (Å²) in [5.74, 6) is -0.376. The first-order valence-corrected chi connectivity index (χ1v) is 15.1. The molecule has 0 aliphatic carbocycles. The Morgan fingerprint density at radius 2 is 1.79 bits per heavy atom. The van der Waals surface area contributed by atoms with Gasteiger partial charge in [-0.2, -0.15) is 0 Å². The molecule has 2 saturated heterocycles. The number of piperidine rings is 2. The fraction of sp³-hybridized carbons (Fsp3) is 0.375. The maximum atomic E-state index is 14.0. The molecule has 0 spiro atoms. The van der Waals surface area contributed by atoms with Crippen molar-refractivity contribution in [3.8, 4) is 0 Å². The molecule has 2 fully saturated rings. The maximum absolute atomic E-state index is 14.0. The van der Waals surface area contributed by atoms with Crippen molar-refractivity contribution in [1.82, 2.24) is 23.9 Å². The summed E-state index contributed by atoms with van der Waals surface area (Å²) in [6.07, 6.45) is 4.60. The molecule has 2 aromatic carbocycles. The van der Waals surface area contributed by atoms with Gasteiger partial charge in [-0.15, -0.1) is 0 Å². The van der Waals surface area contributed by atoms with Crippen molar-refractivity contribution in [1.29, 1.82) is 0 Å². The minimum atomic E-state index is -1.11. The lowest BCUT2D eigenvalue weighted by molar-refractivity contribution is -0.142. The number of aryl methyl sites for hydroxylation is 1. The molecule has 2 atom stereocenters. The Kier molecular flexibility index (Phi) is 7.76. The van der Waals surface area contributed by atoms with Crippen molar-refractivity contribution in [3.63, 3.8) is 0 Å². The Balaban J connectivity index is 1.15. The third-order valence-electron chi connectivity index (χ3n) is 8.84. The van der Waals surface area contributed by atoms with Crippen molar-refractivity contribution in [2.45, 2.75) is 37.3 Å². The van der Waals surface area contributed by atoms with Gasteiger partial charge in [-0.25, -0.2) is 4.98 Å². The lowest BCUT2D eigenvalue weighted by Crippen LogP contribution is -2.53. The Labute approximate surface area is 252 Å². The predicted molar refractivity (Wildman–Crippen MR) is 163 cm³/mol. The van der Waals surface area contributed by atoms with E-state index in [1.54, 1.807) is 16.8 Å². The highest BCUT2D eigenvalue weighted by atomic mass is 79.9. The van der Waals surface area contributed by atoms with E-state index in [2.05, 4.69) is 20.9 Å². The van der Waals surface area contributed by atoms with Crippen LogP contribution in [-0.2, 0) is 18.4 Å². The van der Waals surface area contributed by atoms with Gasteiger partial charge in [-0.05, 0) is 49.1 Å². The number of benzene rings is 2. The van der Waals surface area contributed by atoms with Crippen LogP contribution in [0.25, 0.3) is 11.0 Å². The van der Waals surface area contributed by atoms with Gasteiger partial charge in [0.1, 0.15) is 12.0 Å². The van der Waals surface area contributed by atoms with Crippen molar-refractivity contribution in [2.75, 3.05) is 26.2 Å². The number of amides is 2. The summed E-state index contributed by atoms with van der Waals surface area (Å²) in [5.41, 5.74) is 0.989. The lowest BCUT2D eigenvalue weighted by Gasteiger charge is -2.43. The van der Waals surface area contributed by atoms with Crippen LogP contribution in [0.4, 0.5) is 0 Å². The first-order valence-electron chi connectivity index (χ1n) is 14.3. The summed E-state index contributed by atoms with van der Waals surface area (Å²) in [4.78, 5) is 48.4. The molecule has 9 nitrogen and oxygen atoms in total. The number of carbonyl (C=O) groups is 2. The molecule has 6 rings (SSSR count). The smallest absolute Gasteiger partial charge is 0.262 e. The second-order valence-electron chi connectivity index (χ2n) is 11.6. The number of rotatable bonds is 5. The van der Waals surface area contributed by atoms with Crippen molar-refractivity contribution in [3.05, 3.63) is 99.1 Å². The Morgan fingerprint density at radius 1 is 1.02 bits per heavy atom. The van der Waals surface area contributed by atoms with Gasteiger partial charge in [-0.1, -0.05) is 52.3 Å². The molecule has 2 aliphatic heterocycles. The molecular formula is C32H34BrN5O4. The van der Waals surface area contributed by atoms with Gasteiger partial charge in [0.25, 0.3) is 11.5 Å². The highest BCUT2D eigenvalue weighted by Gasteiger charge is 2.41. The molecule has 0 radical (unpaired) electrons. The van der Waals surface area contributed by atoms with Gasteiger partial charge < -0.3 is 19.5 Å². The van der Waals surface area contributed by atoms with Crippen molar-refractivity contribution in [2.24, 2.45) is 13.0 Å². The number of fused-ring (bicyclic) bond motifs is 1. The highest BCUT2D eigenvalue weighted by Crippen LogP contribution is 2.36. The summed E-state index contributed by atoms with van der Waals surface area (Å²) in [7, 11) is 1.84. The molecule has 218 valence electrons. The molecule has 2 aliphatic rings. The Bertz CT molecular complexity index is 1680. The summed E-state index contributed by atoms with van der Waals surface area (Å²) in [6, 6.07) is 19.1. The standard InChI is InChI=1S/C32H34BrN5O4/c1-35-14-10-26-28(35)34-21-38(31(26)41)20-32(42)12-16-36(17-13-32)30(40)25-11-15-37(19-27(25)22-6-3-2-4-7-22)29(39)23-8-5-9-24(33)18-23/h2-10,14,18,21,25,27,42H,11-13,15-17,19-20H2,1H3/t25-,27+/m1/s1. The van der Waals surface area contributed by atoms with E-state index in [1.807, 2.05) is 71.4 Å². The summed E-state index contributed by atoms with van der Waals surface area (Å²) < 4.78 is 4.12. The third kappa shape index (κ3) is 5.53. The van der Waals surface area contributed by atoms with Crippen LogP contribution in [0.15, 0.2) is 82.5 Å². The van der Waals surface area contributed by atoms with Gasteiger partial charge in [0.15, 0.2) is 0 Å². The van der Waals surface area contributed by atoms with Crippen LogP contribution in [-0.4, -0.2) is 72.6 Å². The summed E-state index contributed by atoms with van der Waals surface area (Å²) >= 11 is 3.46. The van der Waals surface area contributed by atoms with Crippen molar-refractivity contribution >= 4 is 38.8 Å². The average molecular weight is 633 g/mol. The predicted octanol–water partition coefficient (Wildman–Crippen LogP) is 3.80. The molecule has 0 saturated carbocycles. The minimum Gasteiger partial charge on any atom is -0.388 e. The van der Waals surface area contributed by atoms with Crippen LogP contribution in [0, 0.1) is 5.92 Å². The van der Waals surface area contributed by atoms with Crippen LogP contribution in [0.5, 0.6) is 0 Å². The zero-order valence-electron chi connectivity index (χ0n) is 23.5. The zero-order valence-corrected chi connectivity index (χ0v) is 25.1. The number of carbonyl (C=O) groups excluding carboxylic acids is 2. The van der Waals surface area contributed by atoms with Crippen LogP contribution >= 0.6 is 15.9 Å². The molecule has 1 N–H and O–H groups in total. The minimum absolute atomic E-state index is 0.0374. The fourth-order valence-corrected chi connectivity index (χ4v) is 6.82. The van der Waals surface area contributed by atoms with E-state index in [9.17, 15) is 19.5 Å². The molecule has 0 bridgehead atoms. The molecule has 2 aromatic heterocycles. The van der Waals surface area contributed by atoms with Crippen LogP contribution < -0.4 is 5.56 Å². The van der Waals surface area contributed by atoms with Crippen LogP contribution in [0.1, 0.15) is 41.1 Å². The molecule has 4 aromatic rings. The quantitative estimate of drug-likeness (QED) is 0.361. The zero-order chi connectivity index (χ0) is 29.4. The summed E-state index contributed by atoms with van der Waals surface area (Å²) in [6.45, 7) is 1.91. The number of halogens is 1. The molecule has 0 unspecified atom stereocenters. The molecular weight excluding hydrogens is 598 g/mol. The first kappa shape index (κ1) is 28.4. The molecule has 2 amide bonds. The number of nitrogens with zero attached hydrogens (tertiary/aromatic N) is 5. The van der Waals surface area contributed by atoms with E-state index >= 15 is 0 Å². The molecule has 4 heterocycles. The summed E-state index contributed by atoms with van der Waals surface area (Å²) in [5, 5.41) is 11.9. The van der Waals surface area contributed by atoms with Gasteiger partial charge in [0.05, 0.1) is 17.5 Å². The lowest BCUT2D eigenvalue weighted by atomic mass is 9.79. The number of hydrogen-bond acceptors (Lipinski definition) is 5. The number of hydrogen-bond donors (Lipinski definition) is 1. The van der Waals surface area contributed by atoms with Gasteiger partial charge in [0.2, 0.25) is 5.91 Å². The molecule has 42 heavy (non-hydrogen) atoms. The first-order chi connectivity index (χ1) is 20.2. The van der Waals surface area contributed by atoms with E-state index < -0.39 is 5.60 Å². The highest BCUT2D eigenvalue weighted by molar-refractivity contribution is 9.10. The van der Waals surface area contributed by atoms with E-state index in [-0.39, 0.29) is 35.8 Å². The Hall–Kier alpha value is -3.76. The SMILES string of the molecule is Cn1ccc2c(=O)n(CC3(O)CCN(C(=O)[C@@H]4CCN(C(=O)c5cccc(Br)c5)C[C@H]4c4ccccc4)CC3)cnc21.